The zero-order valence-corrected chi connectivity index (χ0v) is 13.3. The van der Waals surface area contributed by atoms with E-state index in [4.69, 9.17) is 0 Å². The van der Waals surface area contributed by atoms with Gasteiger partial charge in [0.1, 0.15) is 5.78 Å². The maximum absolute atomic E-state index is 12.4. The van der Waals surface area contributed by atoms with Crippen LogP contribution in [0.25, 0.3) is 0 Å². The second-order valence-electron chi connectivity index (χ2n) is 8.35. The van der Waals surface area contributed by atoms with Crippen LogP contribution in [0.5, 0.6) is 0 Å². The summed E-state index contributed by atoms with van der Waals surface area (Å²) in [7, 11) is 0. The van der Waals surface area contributed by atoms with E-state index in [1.165, 1.54) is 29.5 Å². The van der Waals surface area contributed by atoms with Gasteiger partial charge in [0.15, 0.2) is 0 Å². The molecule has 2 atom stereocenters. The molecule has 3 aliphatic rings. The third-order valence-corrected chi connectivity index (χ3v) is 5.93. The minimum atomic E-state index is 0.144. The number of benzene rings is 1. The van der Waals surface area contributed by atoms with E-state index in [1.807, 2.05) is 0 Å². The molecule has 0 aromatic heterocycles. The van der Waals surface area contributed by atoms with Crippen LogP contribution in [0.4, 0.5) is 0 Å². The second kappa shape index (κ2) is 4.09. The van der Waals surface area contributed by atoms with Crippen LogP contribution in [0.1, 0.15) is 63.1 Å². The Morgan fingerprint density at radius 3 is 2.62 bits per heavy atom. The quantitative estimate of drug-likeness (QED) is 0.640. The highest BCUT2D eigenvalue weighted by Gasteiger charge is 2.51. The highest BCUT2D eigenvalue weighted by Crippen LogP contribution is 2.58. The molecule has 1 fully saturated rings. The molecule has 0 N–H and O–H groups in total. The molecule has 1 heteroatoms. The summed E-state index contributed by atoms with van der Waals surface area (Å²) in [5, 5.41) is 0. The lowest BCUT2D eigenvalue weighted by molar-refractivity contribution is -0.120. The fraction of sp³-hybridized carbons (Fsp3) is 0.550. The van der Waals surface area contributed by atoms with Crippen LogP contribution in [-0.4, -0.2) is 5.78 Å². The molecule has 1 aromatic carbocycles. The number of hydrogen-bond acceptors (Lipinski definition) is 1. The molecule has 1 nitrogen and oxygen atoms in total. The van der Waals surface area contributed by atoms with E-state index in [1.54, 1.807) is 5.57 Å². The molecule has 2 unspecified atom stereocenters. The average Bonchev–Trinajstić information content (AvgIpc) is 2.97. The van der Waals surface area contributed by atoms with Crippen LogP contribution >= 0.6 is 0 Å². The summed E-state index contributed by atoms with van der Waals surface area (Å²) in [6, 6.07) is 6.97. The van der Waals surface area contributed by atoms with Crippen LogP contribution in [0.15, 0.2) is 29.8 Å². The van der Waals surface area contributed by atoms with E-state index in [9.17, 15) is 4.79 Å². The van der Waals surface area contributed by atoms with Crippen molar-refractivity contribution >= 4 is 5.78 Å². The third kappa shape index (κ3) is 1.86. The minimum absolute atomic E-state index is 0.144. The number of carbonyl (C=O) groups is 1. The van der Waals surface area contributed by atoms with Gasteiger partial charge in [-0.2, -0.15) is 0 Å². The molecule has 1 aromatic rings. The Bertz CT molecular complexity index is 659. The molecule has 0 radical (unpaired) electrons. The lowest BCUT2D eigenvalue weighted by Crippen LogP contribution is -2.39. The van der Waals surface area contributed by atoms with Crippen molar-refractivity contribution in [3.05, 3.63) is 46.5 Å². The topological polar surface area (TPSA) is 17.1 Å². The van der Waals surface area contributed by atoms with Crippen molar-refractivity contribution in [1.82, 2.24) is 0 Å². The molecule has 0 heterocycles. The van der Waals surface area contributed by atoms with Gasteiger partial charge in [-0.3, -0.25) is 4.79 Å². The van der Waals surface area contributed by atoms with Crippen LogP contribution in [0, 0.1) is 5.92 Å². The summed E-state index contributed by atoms with van der Waals surface area (Å²) in [6.45, 7) is 6.74. The highest BCUT2D eigenvalue weighted by molar-refractivity contribution is 5.85. The first-order chi connectivity index (χ1) is 9.88. The molecule has 21 heavy (non-hydrogen) atoms. The summed E-state index contributed by atoms with van der Waals surface area (Å²) in [6.07, 6.45) is 7.38. The van der Waals surface area contributed by atoms with Crippen molar-refractivity contribution in [1.29, 1.82) is 0 Å². The molecule has 0 aliphatic heterocycles. The van der Waals surface area contributed by atoms with E-state index >= 15 is 0 Å². The van der Waals surface area contributed by atoms with Gasteiger partial charge in [0, 0.05) is 18.3 Å². The number of ketones is 1. The molecular formula is C20H24O. The van der Waals surface area contributed by atoms with E-state index < -0.39 is 0 Å². The summed E-state index contributed by atoms with van der Waals surface area (Å²) in [4.78, 5) is 12.4. The molecule has 110 valence electrons. The molecule has 1 saturated carbocycles. The fourth-order valence-corrected chi connectivity index (χ4v) is 4.84. The molecule has 0 saturated heterocycles. The van der Waals surface area contributed by atoms with Crippen LogP contribution in [-0.2, 0) is 22.0 Å². The van der Waals surface area contributed by atoms with Gasteiger partial charge in [-0.1, -0.05) is 50.6 Å². The first kappa shape index (κ1) is 13.3. The molecule has 1 spiro atoms. The second-order valence-corrected chi connectivity index (χ2v) is 8.35. The van der Waals surface area contributed by atoms with E-state index in [2.05, 4.69) is 45.0 Å². The van der Waals surface area contributed by atoms with E-state index in [0.717, 1.165) is 12.8 Å². The predicted molar refractivity (Wildman–Crippen MR) is 85.6 cm³/mol. The summed E-state index contributed by atoms with van der Waals surface area (Å²) < 4.78 is 0. The van der Waals surface area contributed by atoms with Crippen LogP contribution in [0.3, 0.4) is 0 Å². The lowest BCUT2D eigenvalue weighted by Gasteiger charge is -2.41. The van der Waals surface area contributed by atoms with Gasteiger partial charge in [0.25, 0.3) is 0 Å². The number of carbonyl (C=O) groups excluding carboxylic acids is 1. The number of rotatable bonds is 0. The molecule has 4 rings (SSSR count). The molecule has 2 bridgehead atoms. The number of fused-ring (bicyclic) bond motifs is 5. The number of Topliss-reactive ketones (excluding diaryl/α,β-unsaturated/α-hetero) is 1. The number of hydrogen-bond donors (Lipinski definition) is 0. The van der Waals surface area contributed by atoms with Gasteiger partial charge in [-0.15, -0.1) is 0 Å². The first-order valence-electron chi connectivity index (χ1n) is 8.22. The summed E-state index contributed by atoms with van der Waals surface area (Å²) in [5.41, 5.74) is 6.05. The normalized spacial score (nSPS) is 30.7. The van der Waals surface area contributed by atoms with Crippen molar-refractivity contribution in [3.63, 3.8) is 0 Å². The van der Waals surface area contributed by atoms with Gasteiger partial charge < -0.3 is 0 Å². The largest absolute Gasteiger partial charge is 0.299 e. The van der Waals surface area contributed by atoms with Crippen molar-refractivity contribution < 1.29 is 4.79 Å². The minimum Gasteiger partial charge on any atom is -0.299 e. The maximum atomic E-state index is 12.4. The molecule has 3 aliphatic carbocycles. The zero-order chi connectivity index (χ0) is 14.8. The van der Waals surface area contributed by atoms with Gasteiger partial charge in [0.2, 0.25) is 0 Å². The van der Waals surface area contributed by atoms with Gasteiger partial charge in [-0.05, 0) is 47.3 Å². The summed E-state index contributed by atoms with van der Waals surface area (Å²) >= 11 is 0. The van der Waals surface area contributed by atoms with Gasteiger partial charge >= 0.3 is 0 Å². The van der Waals surface area contributed by atoms with Gasteiger partial charge in [-0.25, -0.2) is 0 Å². The lowest BCUT2D eigenvalue weighted by atomic mass is 9.62. The Kier molecular flexibility index (Phi) is 2.59. The van der Waals surface area contributed by atoms with E-state index in [-0.39, 0.29) is 10.8 Å². The SMILES string of the molecule is CC(C)(C)c1ccc2c(c1)CC(=O)CC21CC2=CCC1C2. The Balaban J connectivity index is 1.86. The van der Waals surface area contributed by atoms with Crippen molar-refractivity contribution in [2.24, 2.45) is 5.92 Å². The van der Waals surface area contributed by atoms with Crippen molar-refractivity contribution in [2.75, 3.05) is 0 Å². The fourth-order valence-electron chi connectivity index (χ4n) is 4.84. The van der Waals surface area contributed by atoms with Crippen LogP contribution < -0.4 is 0 Å². The number of allylic oxidation sites excluding steroid dienone is 2. The highest BCUT2D eigenvalue weighted by atomic mass is 16.1. The third-order valence-electron chi connectivity index (χ3n) is 5.93. The molecular weight excluding hydrogens is 256 g/mol. The van der Waals surface area contributed by atoms with E-state index in [0.29, 0.717) is 18.1 Å². The predicted octanol–water partition coefficient (Wildman–Crippen LogP) is 4.48. The Hall–Kier alpha value is -1.37. The Labute approximate surface area is 127 Å². The summed E-state index contributed by atoms with van der Waals surface area (Å²) in [5.74, 6) is 1.12. The first-order valence-corrected chi connectivity index (χ1v) is 8.22. The average molecular weight is 280 g/mol. The van der Waals surface area contributed by atoms with Crippen molar-refractivity contribution in [3.8, 4) is 0 Å². The Morgan fingerprint density at radius 1 is 1.19 bits per heavy atom. The Morgan fingerprint density at radius 2 is 2.00 bits per heavy atom. The maximum Gasteiger partial charge on any atom is 0.138 e. The molecule has 0 amide bonds. The monoisotopic (exact) mass is 280 g/mol. The van der Waals surface area contributed by atoms with Crippen LogP contribution in [0.2, 0.25) is 0 Å². The zero-order valence-electron chi connectivity index (χ0n) is 13.3. The smallest absolute Gasteiger partial charge is 0.138 e. The van der Waals surface area contributed by atoms with Crippen molar-refractivity contribution in [2.45, 2.75) is 63.7 Å². The van der Waals surface area contributed by atoms with Gasteiger partial charge in [0.05, 0.1) is 0 Å². The standard InChI is InChI=1S/C20H24O/c1-19(2,3)15-6-7-18-14(9-15)10-17(21)12-20(18)11-13-4-5-16(20)8-13/h4,6-7,9,16H,5,8,10-12H2,1-3H3.